The second kappa shape index (κ2) is 5.56. The number of hydrogen-bond donors (Lipinski definition) is 1. The Balaban J connectivity index is 4.48. The van der Waals surface area contributed by atoms with Crippen molar-refractivity contribution in [2.45, 2.75) is 39.7 Å². The van der Waals surface area contributed by atoms with Crippen LogP contribution in [0.1, 0.15) is 33.6 Å². The molecule has 0 aliphatic heterocycles. The Morgan fingerprint density at radius 3 is 2.15 bits per heavy atom. The number of carbonyl (C=O) groups excluding carboxylic acids is 1. The maximum atomic E-state index is 11.1. The lowest BCUT2D eigenvalue weighted by atomic mass is 10.2. The summed E-state index contributed by atoms with van der Waals surface area (Å²) in [7, 11) is 0. The van der Waals surface area contributed by atoms with E-state index >= 15 is 0 Å². The van der Waals surface area contributed by atoms with Crippen molar-refractivity contribution in [3.05, 3.63) is 0 Å². The number of hydrogen-bond acceptors (Lipinski definition) is 2. The van der Waals surface area contributed by atoms with Crippen molar-refractivity contribution in [1.29, 1.82) is 0 Å². The summed E-state index contributed by atoms with van der Waals surface area (Å²) in [6.07, 6.45) is 1.23. The molecule has 76 valence electrons. The van der Waals surface area contributed by atoms with Crippen molar-refractivity contribution >= 4 is 11.9 Å². The van der Waals surface area contributed by atoms with E-state index in [1.54, 1.807) is 6.92 Å². The van der Waals surface area contributed by atoms with Crippen molar-refractivity contribution < 1.29 is 14.7 Å². The van der Waals surface area contributed by atoms with Crippen molar-refractivity contribution in [1.82, 2.24) is 4.90 Å². The number of aliphatic carboxylic acids is 1. The zero-order chi connectivity index (χ0) is 10.4. The fourth-order valence-corrected chi connectivity index (χ4v) is 1.30. The van der Waals surface area contributed by atoms with E-state index < -0.39 is 12.0 Å². The van der Waals surface area contributed by atoms with Crippen LogP contribution in [0.3, 0.4) is 0 Å². The topological polar surface area (TPSA) is 57.6 Å². The van der Waals surface area contributed by atoms with Crippen molar-refractivity contribution in [2.24, 2.45) is 0 Å². The third kappa shape index (κ3) is 3.44. The molecule has 4 heteroatoms. The summed E-state index contributed by atoms with van der Waals surface area (Å²) in [4.78, 5) is 23.3. The fourth-order valence-electron chi connectivity index (χ4n) is 1.30. The second-order valence-electron chi connectivity index (χ2n) is 2.97. The number of nitrogens with zero attached hydrogens (tertiary/aromatic N) is 1. The summed E-state index contributed by atoms with van der Waals surface area (Å²) in [6, 6.07) is -0.669. The summed E-state index contributed by atoms with van der Waals surface area (Å²) < 4.78 is 0. The van der Waals surface area contributed by atoms with Gasteiger partial charge in [0.05, 0.1) is 0 Å². The first kappa shape index (κ1) is 11.9. The standard InChI is InChI=1S/C9H17NO3/c1-4-6-10(7(3)11)8(5-2)9(12)13/h8H,4-6H2,1-3H3,(H,12,13). The van der Waals surface area contributed by atoms with Gasteiger partial charge in [0.2, 0.25) is 5.91 Å². The van der Waals surface area contributed by atoms with Gasteiger partial charge in [0.15, 0.2) is 0 Å². The van der Waals surface area contributed by atoms with Crippen LogP contribution in [-0.2, 0) is 9.59 Å². The lowest BCUT2D eigenvalue weighted by molar-refractivity contribution is -0.149. The van der Waals surface area contributed by atoms with Gasteiger partial charge in [-0.05, 0) is 12.8 Å². The summed E-state index contributed by atoms with van der Waals surface area (Å²) in [6.45, 7) is 5.61. The molecule has 1 amide bonds. The van der Waals surface area contributed by atoms with E-state index in [1.165, 1.54) is 11.8 Å². The van der Waals surface area contributed by atoms with Crippen molar-refractivity contribution in [3.63, 3.8) is 0 Å². The van der Waals surface area contributed by atoms with Crippen LogP contribution in [0, 0.1) is 0 Å². The number of rotatable bonds is 5. The van der Waals surface area contributed by atoms with E-state index in [2.05, 4.69) is 0 Å². The molecule has 4 nitrogen and oxygen atoms in total. The molecule has 0 fully saturated rings. The van der Waals surface area contributed by atoms with Gasteiger partial charge in [-0.1, -0.05) is 13.8 Å². The van der Waals surface area contributed by atoms with Crippen molar-refractivity contribution in [3.8, 4) is 0 Å². The Hall–Kier alpha value is -1.06. The summed E-state index contributed by atoms with van der Waals surface area (Å²) >= 11 is 0. The van der Waals surface area contributed by atoms with Gasteiger partial charge < -0.3 is 10.0 Å². The zero-order valence-electron chi connectivity index (χ0n) is 8.41. The monoisotopic (exact) mass is 187 g/mol. The van der Waals surface area contributed by atoms with Gasteiger partial charge in [0.25, 0.3) is 0 Å². The predicted octanol–water partition coefficient (Wildman–Crippen LogP) is 1.11. The van der Waals surface area contributed by atoms with Crippen LogP contribution in [0.25, 0.3) is 0 Å². The van der Waals surface area contributed by atoms with Crippen LogP contribution in [0.15, 0.2) is 0 Å². The van der Waals surface area contributed by atoms with E-state index in [1.807, 2.05) is 6.92 Å². The molecule has 0 aromatic heterocycles. The molecule has 0 radical (unpaired) electrons. The van der Waals surface area contributed by atoms with E-state index in [0.29, 0.717) is 13.0 Å². The number of amides is 1. The molecular formula is C9H17NO3. The van der Waals surface area contributed by atoms with Gasteiger partial charge in [-0.2, -0.15) is 0 Å². The summed E-state index contributed by atoms with van der Waals surface area (Å²) in [5.41, 5.74) is 0. The highest BCUT2D eigenvalue weighted by Gasteiger charge is 2.24. The Morgan fingerprint density at radius 1 is 1.38 bits per heavy atom. The summed E-state index contributed by atoms with van der Waals surface area (Å²) in [5, 5.41) is 8.83. The molecule has 13 heavy (non-hydrogen) atoms. The molecule has 0 bridgehead atoms. The molecule has 1 atom stereocenters. The van der Waals surface area contributed by atoms with E-state index in [0.717, 1.165) is 6.42 Å². The lowest BCUT2D eigenvalue weighted by Gasteiger charge is -2.26. The third-order valence-corrected chi connectivity index (χ3v) is 1.92. The highest BCUT2D eigenvalue weighted by molar-refractivity contribution is 5.82. The molecule has 0 spiro atoms. The van der Waals surface area contributed by atoms with Gasteiger partial charge in [-0.15, -0.1) is 0 Å². The molecule has 0 rings (SSSR count). The largest absolute Gasteiger partial charge is 0.480 e. The maximum Gasteiger partial charge on any atom is 0.326 e. The molecular weight excluding hydrogens is 170 g/mol. The highest BCUT2D eigenvalue weighted by atomic mass is 16.4. The van der Waals surface area contributed by atoms with Gasteiger partial charge >= 0.3 is 5.97 Å². The molecule has 0 aliphatic carbocycles. The number of carbonyl (C=O) groups is 2. The third-order valence-electron chi connectivity index (χ3n) is 1.92. The van der Waals surface area contributed by atoms with Gasteiger partial charge in [0, 0.05) is 13.5 Å². The first-order valence-electron chi connectivity index (χ1n) is 4.54. The number of carboxylic acid groups (broad SMARTS) is 1. The van der Waals surface area contributed by atoms with Crippen LogP contribution in [0.2, 0.25) is 0 Å². The zero-order valence-corrected chi connectivity index (χ0v) is 8.41. The molecule has 0 heterocycles. The van der Waals surface area contributed by atoms with E-state index in [-0.39, 0.29) is 5.91 Å². The Labute approximate surface area is 78.5 Å². The Kier molecular flexibility index (Phi) is 5.11. The number of carboxylic acids is 1. The van der Waals surface area contributed by atoms with E-state index in [9.17, 15) is 9.59 Å². The molecule has 0 saturated heterocycles. The molecule has 0 aliphatic rings. The van der Waals surface area contributed by atoms with Crippen molar-refractivity contribution in [2.75, 3.05) is 6.54 Å². The highest BCUT2D eigenvalue weighted by Crippen LogP contribution is 2.05. The van der Waals surface area contributed by atoms with Gasteiger partial charge in [0.1, 0.15) is 6.04 Å². The first-order chi connectivity index (χ1) is 6.04. The fraction of sp³-hybridized carbons (Fsp3) is 0.778. The molecule has 1 N–H and O–H groups in total. The minimum absolute atomic E-state index is 0.170. The molecule has 0 aromatic rings. The van der Waals surface area contributed by atoms with Crippen LogP contribution in [0.4, 0.5) is 0 Å². The van der Waals surface area contributed by atoms with E-state index in [4.69, 9.17) is 5.11 Å². The van der Waals surface area contributed by atoms with Crippen LogP contribution in [0.5, 0.6) is 0 Å². The predicted molar refractivity (Wildman–Crippen MR) is 49.4 cm³/mol. The smallest absolute Gasteiger partial charge is 0.326 e. The second-order valence-corrected chi connectivity index (χ2v) is 2.97. The molecule has 1 unspecified atom stereocenters. The average molecular weight is 187 g/mol. The lowest BCUT2D eigenvalue weighted by Crippen LogP contribution is -2.44. The average Bonchev–Trinajstić information content (AvgIpc) is 2.03. The van der Waals surface area contributed by atoms with Crippen LogP contribution < -0.4 is 0 Å². The van der Waals surface area contributed by atoms with Crippen LogP contribution in [-0.4, -0.2) is 34.5 Å². The summed E-state index contributed by atoms with van der Waals surface area (Å²) in [5.74, 6) is -1.10. The van der Waals surface area contributed by atoms with Crippen LogP contribution >= 0.6 is 0 Å². The maximum absolute atomic E-state index is 11.1. The SMILES string of the molecule is CCCN(C(C)=O)C(CC)C(=O)O. The molecule has 0 saturated carbocycles. The molecule has 0 aromatic carbocycles. The Bertz CT molecular complexity index is 191. The minimum atomic E-state index is -0.925. The minimum Gasteiger partial charge on any atom is -0.480 e. The first-order valence-corrected chi connectivity index (χ1v) is 4.54. The van der Waals surface area contributed by atoms with Gasteiger partial charge in [-0.25, -0.2) is 4.79 Å². The quantitative estimate of drug-likeness (QED) is 0.701. The Morgan fingerprint density at radius 2 is 1.92 bits per heavy atom. The normalized spacial score (nSPS) is 12.2. The van der Waals surface area contributed by atoms with Gasteiger partial charge in [-0.3, -0.25) is 4.79 Å².